The van der Waals surface area contributed by atoms with Gasteiger partial charge in [-0.05, 0) is 328 Å². The summed E-state index contributed by atoms with van der Waals surface area (Å²) in [5, 5.41) is 32.5. The highest BCUT2D eigenvalue weighted by molar-refractivity contribution is 9.10. The van der Waals surface area contributed by atoms with Crippen molar-refractivity contribution in [2.75, 3.05) is 142 Å². The maximum atomic E-state index is 14.2. The maximum Gasteiger partial charge on any atom is 0.254 e. The van der Waals surface area contributed by atoms with Crippen molar-refractivity contribution in [3.05, 3.63) is 270 Å². The minimum Gasteiger partial charge on any atom is -0.415 e. The Bertz CT molecular complexity index is 5670. The van der Waals surface area contributed by atoms with E-state index in [0.717, 1.165) is 183 Å². The highest BCUT2D eigenvalue weighted by Crippen LogP contribution is 2.42. The van der Waals surface area contributed by atoms with Gasteiger partial charge in [0, 0.05) is 121 Å². The van der Waals surface area contributed by atoms with E-state index < -0.39 is 25.0 Å². The first-order valence-corrected chi connectivity index (χ1v) is 60.3. The third kappa shape index (κ3) is 28.5. The average molecular weight is 2050 g/mol. The van der Waals surface area contributed by atoms with Crippen LogP contribution in [0, 0.1) is 111 Å². The zero-order valence-electron chi connectivity index (χ0n) is 87.9. The molecule has 28 heteroatoms. The van der Waals surface area contributed by atoms with E-state index in [0.29, 0.717) is 99.6 Å². The summed E-state index contributed by atoms with van der Waals surface area (Å²) in [5.74, 6) is 2.24. The summed E-state index contributed by atoms with van der Waals surface area (Å²) in [7, 11) is -5.92. The van der Waals surface area contributed by atoms with Crippen molar-refractivity contribution < 1.29 is 40.8 Å². The van der Waals surface area contributed by atoms with Crippen molar-refractivity contribution in [2.45, 2.75) is 234 Å². The minimum atomic E-state index is -2.04. The van der Waals surface area contributed by atoms with E-state index in [9.17, 15) is 43.3 Å². The van der Waals surface area contributed by atoms with Crippen LogP contribution < -0.4 is 29.8 Å². The number of aryl methyl sites for hydroxylation is 6. The highest BCUT2D eigenvalue weighted by atomic mass is 79.9. The molecular formula is C114H151BrF3N15O6Si3. The number of rotatable bonds is 23. The number of piperazine rings is 3. The Balaban J connectivity index is 0.000000183. The van der Waals surface area contributed by atoms with Crippen molar-refractivity contribution in [3.8, 4) is 18.2 Å². The Morgan fingerprint density at radius 1 is 0.394 bits per heavy atom. The second kappa shape index (κ2) is 48.4. The van der Waals surface area contributed by atoms with Gasteiger partial charge in [0.15, 0.2) is 25.0 Å². The molecule has 0 bridgehead atoms. The molecule has 6 aromatic carbocycles. The lowest BCUT2D eigenvalue weighted by Gasteiger charge is -2.44. The fourth-order valence-corrected chi connectivity index (χ4v) is 22.6. The molecular weight excluding hydrogens is 1900 g/mol. The van der Waals surface area contributed by atoms with Crippen LogP contribution in [-0.2, 0) is 32.5 Å². The lowest BCUT2D eigenvalue weighted by atomic mass is 9.86. The van der Waals surface area contributed by atoms with Crippen molar-refractivity contribution in [3.63, 3.8) is 0 Å². The number of nitriles is 3. The van der Waals surface area contributed by atoms with Crippen LogP contribution in [0.1, 0.15) is 199 Å². The van der Waals surface area contributed by atoms with Crippen molar-refractivity contribution in [1.29, 1.82) is 15.8 Å². The summed E-state index contributed by atoms with van der Waals surface area (Å²) in [6.07, 6.45) is 12.9. The number of amides is 3. The first-order valence-electron chi connectivity index (χ1n) is 50.8. The molecule has 9 heterocycles. The third-order valence-corrected chi connectivity index (χ3v) is 45.3. The molecule has 758 valence electrons. The Kier molecular flexibility index (Phi) is 37.6. The van der Waals surface area contributed by atoms with Crippen LogP contribution in [0.4, 0.5) is 41.9 Å². The van der Waals surface area contributed by atoms with Gasteiger partial charge >= 0.3 is 0 Å². The smallest absolute Gasteiger partial charge is 0.254 e. The summed E-state index contributed by atoms with van der Waals surface area (Å²) in [5.41, 5.74) is 18.2. The lowest BCUT2D eigenvalue weighted by Crippen LogP contribution is -2.58. The molecule has 6 fully saturated rings. The second-order valence-corrected chi connectivity index (χ2v) is 59.6. The number of hydrogen-bond acceptors (Lipinski definition) is 18. The van der Waals surface area contributed by atoms with Crippen LogP contribution in [0.3, 0.4) is 0 Å². The van der Waals surface area contributed by atoms with Crippen molar-refractivity contribution in [1.82, 2.24) is 35.0 Å². The van der Waals surface area contributed by atoms with Crippen LogP contribution in [0.25, 0.3) is 0 Å². The Hall–Kier alpha value is -10.6. The van der Waals surface area contributed by atoms with Gasteiger partial charge < -0.3 is 57.8 Å². The van der Waals surface area contributed by atoms with Crippen LogP contribution in [0.5, 0.6) is 0 Å². The molecule has 0 saturated carbocycles. The molecule has 3 atom stereocenters. The van der Waals surface area contributed by atoms with E-state index in [1.165, 1.54) is 64.0 Å². The van der Waals surface area contributed by atoms with Crippen LogP contribution >= 0.6 is 15.9 Å². The first-order chi connectivity index (χ1) is 67.2. The van der Waals surface area contributed by atoms with Gasteiger partial charge in [0.25, 0.3) is 17.7 Å². The first kappa shape index (κ1) is 110. The van der Waals surface area contributed by atoms with E-state index >= 15 is 0 Å². The summed E-state index contributed by atoms with van der Waals surface area (Å²) in [4.78, 5) is 71.9. The van der Waals surface area contributed by atoms with Gasteiger partial charge in [-0.3, -0.25) is 14.4 Å². The van der Waals surface area contributed by atoms with E-state index in [1.807, 2.05) is 95.3 Å². The Morgan fingerprint density at radius 2 is 0.697 bits per heavy atom. The number of carbonyl (C=O) groups is 3. The Morgan fingerprint density at radius 3 is 0.986 bits per heavy atom. The molecule has 6 aliphatic heterocycles. The number of anilines is 5. The van der Waals surface area contributed by atoms with Gasteiger partial charge in [-0.1, -0.05) is 117 Å². The number of hydrogen-bond donors (Lipinski definition) is 1. The van der Waals surface area contributed by atoms with Gasteiger partial charge in [-0.25, -0.2) is 28.1 Å². The zero-order chi connectivity index (χ0) is 103. The number of aromatic nitrogens is 3. The van der Waals surface area contributed by atoms with Gasteiger partial charge in [-0.2, -0.15) is 15.8 Å². The third-order valence-electron chi connectivity index (χ3n) is 31.3. The summed E-state index contributed by atoms with van der Waals surface area (Å²) in [6, 6.07) is 52.8. The second-order valence-electron chi connectivity index (χ2n) is 44.4. The van der Waals surface area contributed by atoms with Crippen molar-refractivity contribution >= 4 is 87.3 Å². The molecule has 15 rings (SSSR count). The number of nitrogens with zero attached hydrogens (tertiary/aromatic N) is 14. The molecule has 0 radical (unpaired) electrons. The molecule has 0 unspecified atom stereocenters. The average Bonchev–Trinajstić information content (AvgIpc) is 0.791. The predicted molar refractivity (Wildman–Crippen MR) is 579 cm³/mol. The standard InChI is InChI=1S/2C38H50FN5O2Si.C33H48N4O2Si.C5H3BrFN/c2*1-27-20-28(2)34(22-31(27)21-29-14-16-42(17-15-29)35-11-9-8-10-30(35)23-40)37(45)43-18-19-44(36-13-12-32(39)24-41-36)33(25-43)26-46-47(6,7)38(3,4)5;1-24-18-25(2)30(32(38)37-17-14-35-29(22-37)23-39-40(6,7)33(3,4)5)20-28(24)19-26-12-15-36(16-13-26)31-11-9-8-10-27(31)21-34;6-5-2-1-4(7)3-8-5/h2*8-13,20,22,24,29,33H,14-19,21,25-26H2,1-7H3;8-11,18,20,26,29,35H,12-17,19,22-23H2,1-7H3;1-3H/t2*33-;29-;/m111./s1. The molecule has 6 aliphatic rings. The molecule has 21 nitrogen and oxygen atoms in total. The number of nitrogens with one attached hydrogen (secondary N) is 1. The quantitative estimate of drug-likeness (QED) is 0.0464. The lowest BCUT2D eigenvalue weighted by molar-refractivity contribution is 0.0670. The summed E-state index contributed by atoms with van der Waals surface area (Å²) < 4.78 is 60.0. The fraction of sp³-hybridized carbons (Fsp3) is 0.500. The molecule has 1 N–H and O–H groups in total. The van der Waals surface area contributed by atoms with E-state index in [4.69, 9.17) is 13.3 Å². The highest BCUT2D eigenvalue weighted by Gasteiger charge is 2.44. The molecule has 0 spiro atoms. The number of piperidine rings is 3. The van der Waals surface area contributed by atoms with Gasteiger partial charge in [-0.15, -0.1) is 0 Å². The largest absolute Gasteiger partial charge is 0.415 e. The van der Waals surface area contributed by atoms with Crippen LogP contribution in [0.2, 0.25) is 54.4 Å². The van der Waals surface area contributed by atoms with E-state index in [2.05, 4.69) is 251 Å². The van der Waals surface area contributed by atoms with Crippen molar-refractivity contribution in [2.24, 2.45) is 17.8 Å². The number of para-hydroxylation sites is 3. The summed E-state index contributed by atoms with van der Waals surface area (Å²) >= 11 is 3.07. The number of pyridine rings is 3. The molecule has 9 aromatic rings. The SMILES string of the molecule is Cc1cc(C)c(C(=O)N2CCN(c3ccc(F)cn3)[C@@H](CO[Si](C)(C)C(C)(C)C)C2)cc1CC1CCN(c2ccccc2C#N)CC1.Cc1cc(C)c(C(=O)N2CCN(c3ccc(F)cn3)[C@@H](CO[Si](C)(C)C(C)(C)C)C2)cc1CC1CCN(c2ccccc2C#N)CC1.Cc1cc(C)c(C(=O)N2CCN[C@@H](CO[Si](C)(C)C(C)(C)C)C2)cc1CC1CCN(c2ccccc2C#N)CC1.Fc1ccc(Br)nc1. The van der Waals surface area contributed by atoms with Gasteiger partial charge in [0.05, 0.1) is 84.2 Å². The topological polar surface area (TPSA) is 227 Å². The Labute approximate surface area is 855 Å². The monoisotopic (exact) mass is 2050 g/mol. The number of benzene rings is 6. The zero-order valence-corrected chi connectivity index (χ0v) is 92.5. The minimum absolute atomic E-state index is 0.0516. The molecule has 6 saturated heterocycles. The molecule has 3 aromatic heterocycles. The predicted octanol–water partition coefficient (Wildman–Crippen LogP) is 23.1. The van der Waals surface area contributed by atoms with Gasteiger partial charge in [0.2, 0.25) is 0 Å². The van der Waals surface area contributed by atoms with E-state index in [1.54, 1.807) is 18.2 Å². The number of halogens is 4. The molecule has 0 aliphatic carbocycles. The molecule has 3 amide bonds. The normalized spacial score (nSPS) is 17.7. The van der Waals surface area contributed by atoms with Crippen LogP contribution in [0.15, 0.2) is 169 Å². The van der Waals surface area contributed by atoms with Crippen LogP contribution in [-0.4, -0.2) is 208 Å². The maximum absolute atomic E-state index is 14.2. The fourth-order valence-electron chi connectivity index (χ4n) is 19.2. The van der Waals surface area contributed by atoms with Gasteiger partial charge in [0.1, 0.15) is 51.9 Å². The molecule has 142 heavy (non-hydrogen) atoms. The number of carbonyl (C=O) groups excluding carboxylic acids is 3. The van der Waals surface area contributed by atoms with E-state index in [-0.39, 0.29) is 68.4 Å². The summed E-state index contributed by atoms with van der Waals surface area (Å²) in [6.45, 7) is 59.0.